The van der Waals surface area contributed by atoms with Crippen molar-refractivity contribution in [1.82, 2.24) is 14.3 Å². The first-order valence-corrected chi connectivity index (χ1v) is 13.3. The molecule has 1 aliphatic rings. The van der Waals surface area contributed by atoms with E-state index in [9.17, 15) is 9.59 Å². The van der Waals surface area contributed by atoms with Crippen LogP contribution < -0.4 is 10.3 Å². The molecule has 9 heteroatoms. The van der Waals surface area contributed by atoms with Crippen LogP contribution in [0.25, 0.3) is 11.7 Å². The average Bonchev–Trinajstić information content (AvgIpc) is 3.12. The number of fused-ring (bicyclic) bond motifs is 1. The van der Waals surface area contributed by atoms with Crippen LogP contribution in [0.2, 0.25) is 5.02 Å². The van der Waals surface area contributed by atoms with E-state index in [4.69, 9.17) is 28.6 Å². The average molecular weight is 528 g/mol. The summed E-state index contributed by atoms with van der Waals surface area (Å²) in [5, 5.41) is 0.568. The maximum Gasteiger partial charge on any atom is 0.269 e. The molecule has 182 valence electrons. The van der Waals surface area contributed by atoms with E-state index in [2.05, 4.69) is 11.9 Å². The third kappa shape index (κ3) is 6.12. The third-order valence-corrected chi connectivity index (χ3v) is 7.28. The third-order valence-electron chi connectivity index (χ3n) is 5.65. The molecule has 0 bridgehead atoms. The van der Waals surface area contributed by atoms with Crippen LogP contribution in [0.15, 0.2) is 58.4 Å². The number of thiocarbonyl (C=S) groups is 1. The SMILES string of the molecule is CCCCCCCCN1C(=O)/C(=C/c2c(Oc3ccc(Cl)cc3)nc3ccccn3c2=O)SC1=S. The van der Waals surface area contributed by atoms with E-state index in [1.807, 2.05) is 0 Å². The molecule has 0 spiro atoms. The first-order chi connectivity index (χ1) is 17.0. The number of pyridine rings is 1. The Morgan fingerprint density at radius 3 is 2.57 bits per heavy atom. The molecule has 1 aliphatic heterocycles. The summed E-state index contributed by atoms with van der Waals surface area (Å²) in [5.74, 6) is 0.403. The number of hydrogen-bond donors (Lipinski definition) is 0. The minimum atomic E-state index is -0.333. The predicted octanol–water partition coefficient (Wildman–Crippen LogP) is 6.70. The summed E-state index contributed by atoms with van der Waals surface area (Å²) >= 11 is 12.7. The van der Waals surface area contributed by atoms with E-state index in [1.165, 1.54) is 35.4 Å². The number of hydrogen-bond acceptors (Lipinski definition) is 6. The van der Waals surface area contributed by atoms with Gasteiger partial charge in [0.1, 0.15) is 21.3 Å². The number of carbonyl (C=O) groups excluding carboxylic acids is 1. The van der Waals surface area contributed by atoms with E-state index in [0.717, 1.165) is 19.3 Å². The van der Waals surface area contributed by atoms with E-state index in [1.54, 1.807) is 59.6 Å². The second-order valence-corrected chi connectivity index (χ2v) is 10.3. The Balaban J connectivity index is 1.62. The number of aromatic nitrogens is 2. The van der Waals surface area contributed by atoms with Crippen molar-refractivity contribution < 1.29 is 9.53 Å². The molecule has 1 saturated heterocycles. The first-order valence-electron chi connectivity index (χ1n) is 11.7. The Kier molecular flexibility index (Phi) is 8.59. The first kappa shape index (κ1) is 25.4. The number of benzene rings is 1. The van der Waals surface area contributed by atoms with Crippen LogP contribution in [0.1, 0.15) is 51.0 Å². The van der Waals surface area contributed by atoms with E-state index in [0.29, 0.717) is 32.2 Å². The zero-order chi connectivity index (χ0) is 24.8. The molecule has 3 aromatic rings. The Morgan fingerprint density at radius 1 is 1.06 bits per heavy atom. The van der Waals surface area contributed by atoms with Gasteiger partial charge in [-0.1, -0.05) is 80.7 Å². The van der Waals surface area contributed by atoms with E-state index < -0.39 is 0 Å². The summed E-state index contributed by atoms with van der Waals surface area (Å²) in [7, 11) is 0. The lowest BCUT2D eigenvalue weighted by atomic mass is 10.1. The van der Waals surface area contributed by atoms with Crippen LogP contribution in [0, 0.1) is 0 Å². The van der Waals surface area contributed by atoms with Crippen molar-refractivity contribution in [3.8, 4) is 11.6 Å². The summed E-state index contributed by atoms with van der Waals surface area (Å²) in [5.41, 5.74) is 0.290. The smallest absolute Gasteiger partial charge is 0.269 e. The van der Waals surface area contributed by atoms with Gasteiger partial charge in [-0.3, -0.25) is 18.9 Å². The molecule has 0 saturated carbocycles. The summed E-state index contributed by atoms with van der Waals surface area (Å²) in [6.07, 6.45) is 9.94. The normalized spacial score (nSPS) is 14.9. The Hall–Kier alpha value is -2.68. The molecule has 1 fully saturated rings. The lowest BCUT2D eigenvalue weighted by Gasteiger charge is -2.14. The van der Waals surface area contributed by atoms with Gasteiger partial charge in [-0.25, -0.2) is 0 Å². The summed E-state index contributed by atoms with van der Waals surface area (Å²) in [6, 6.07) is 12.0. The number of amides is 1. The van der Waals surface area contributed by atoms with Crippen LogP contribution in [-0.4, -0.2) is 31.1 Å². The van der Waals surface area contributed by atoms with Crippen molar-refractivity contribution >= 4 is 57.5 Å². The fourth-order valence-electron chi connectivity index (χ4n) is 3.77. The molecule has 3 heterocycles. The highest BCUT2D eigenvalue weighted by atomic mass is 35.5. The fourth-order valence-corrected chi connectivity index (χ4v) is 5.19. The summed E-state index contributed by atoms with van der Waals surface area (Å²) < 4.78 is 7.90. The van der Waals surface area contributed by atoms with Crippen molar-refractivity contribution in [3.63, 3.8) is 0 Å². The zero-order valence-electron chi connectivity index (χ0n) is 19.4. The predicted molar refractivity (Wildman–Crippen MR) is 146 cm³/mol. The maximum atomic E-state index is 13.4. The quantitative estimate of drug-likeness (QED) is 0.166. The Morgan fingerprint density at radius 2 is 1.80 bits per heavy atom. The maximum absolute atomic E-state index is 13.4. The van der Waals surface area contributed by atoms with Crippen molar-refractivity contribution in [3.05, 3.63) is 74.5 Å². The van der Waals surface area contributed by atoms with Gasteiger partial charge in [-0.05, 0) is 48.9 Å². The van der Waals surface area contributed by atoms with Crippen LogP contribution in [0.5, 0.6) is 11.6 Å². The van der Waals surface area contributed by atoms with Crippen LogP contribution in [0.3, 0.4) is 0 Å². The fraction of sp³-hybridized carbons (Fsp3) is 0.308. The highest BCUT2D eigenvalue weighted by Gasteiger charge is 2.32. The van der Waals surface area contributed by atoms with Gasteiger partial charge in [-0.2, -0.15) is 4.98 Å². The van der Waals surface area contributed by atoms with Gasteiger partial charge in [0.25, 0.3) is 11.5 Å². The number of carbonyl (C=O) groups is 1. The monoisotopic (exact) mass is 527 g/mol. The van der Waals surface area contributed by atoms with Gasteiger partial charge in [-0.15, -0.1) is 0 Å². The molecule has 4 rings (SSSR count). The number of ether oxygens (including phenoxy) is 1. The number of halogens is 1. The standard InChI is InChI=1S/C26H26ClN3O3S2/c1-2-3-4-5-6-8-16-30-25(32)21(35-26(30)34)17-20-23(33-19-13-11-18(27)12-14-19)28-22-10-7-9-15-29(22)24(20)31/h7,9-15,17H,2-6,8,16H2,1H3/b21-17-. The molecule has 0 unspecified atom stereocenters. The second kappa shape index (κ2) is 11.8. The van der Waals surface area contributed by atoms with Gasteiger partial charge in [0.2, 0.25) is 5.88 Å². The molecular weight excluding hydrogens is 502 g/mol. The lowest BCUT2D eigenvalue weighted by molar-refractivity contribution is -0.122. The van der Waals surface area contributed by atoms with Crippen molar-refractivity contribution in [1.29, 1.82) is 0 Å². The second-order valence-electron chi connectivity index (χ2n) is 8.22. The minimum Gasteiger partial charge on any atom is -0.438 e. The highest BCUT2D eigenvalue weighted by Crippen LogP contribution is 2.34. The van der Waals surface area contributed by atoms with Crippen molar-refractivity contribution in [2.24, 2.45) is 0 Å². The highest BCUT2D eigenvalue weighted by molar-refractivity contribution is 8.26. The minimum absolute atomic E-state index is 0.115. The Bertz CT molecular complexity index is 1320. The number of nitrogens with zero attached hydrogens (tertiary/aromatic N) is 3. The molecule has 2 aromatic heterocycles. The van der Waals surface area contributed by atoms with Crippen LogP contribution in [0.4, 0.5) is 0 Å². The largest absolute Gasteiger partial charge is 0.438 e. The zero-order valence-corrected chi connectivity index (χ0v) is 21.8. The molecule has 0 N–H and O–H groups in total. The van der Waals surface area contributed by atoms with Crippen LogP contribution >= 0.6 is 35.6 Å². The number of rotatable bonds is 10. The summed E-state index contributed by atoms with van der Waals surface area (Å²) in [6.45, 7) is 2.77. The number of thioether (sulfide) groups is 1. The molecule has 1 aromatic carbocycles. The lowest BCUT2D eigenvalue weighted by Crippen LogP contribution is -2.29. The number of unbranched alkanes of at least 4 members (excludes halogenated alkanes) is 5. The van der Waals surface area contributed by atoms with Gasteiger partial charge in [0.05, 0.1) is 4.91 Å². The van der Waals surface area contributed by atoms with Crippen molar-refractivity contribution in [2.45, 2.75) is 45.4 Å². The topological polar surface area (TPSA) is 63.9 Å². The van der Waals surface area contributed by atoms with Crippen LogP contribution in [-0.2, 0) is 4.79 Å². The van der Waals surface area contributed by atoms with Gasteiger partial charge >= 0.3 is 0 Å². The molecule has 0 radical (unpaired) electrons. The van der Waals surface area contributed by atoms with Gasteiger partial charge in [0, 0.05) is 17.8 Å². The van der Waals surface area contributed by atoms with E-state index >= 15 is 0 Å². The van der Waals surface area contributed by atoms with Gasteiger partial charge < -0.3 is 4.74 Å². The Labute approximate surface area is 219 Å². The molecule has 35 heavy (non-hydrogen) atoms. The van der Waals surface area contributed by atoms with Crippen molar-refractivity contribution in [2.75, 3.05) is 6.54 Å². The van der Waals surface area contributed by atoms with E-state index in [-0.39, 0.29) is 22.9 Å². The molecule has 0 atom stereocenters. The molecular formula is C26H26ClN3O3S2. The van der Waals surface area contributed by atoms with Gasteiger partial charge in [0.15, 0.2) is 0 Å². The summed E-state index contributed by atoms with van der Waals surface area (Å²) in [4.78, 5) is 33.0. The molecule has 6 nitrogen and oxygen atoms in total. The molecule has 1 amide bonds. The molecule has 0 aliphatic carbocycles.